The minimum atomic E-state index is -0.104. The van der Waals surface area contributed by atoms with E-state index < -0.39 is 0 Å². The van der Waals surface area contributed by atoms with E-state index in [2.05, 4.69) is 43.0 Å². The highest BCUT2D eigenvalue weighted by atomic mass is 16.1. The minimum Gasteiger partial charge on any atom is -0.299 e. The molecule has 1 aliphatic heterocycles. The zero-order valence-corrected chi connectivity index (χ0v) is 13.4. The van der Waals surface area contributed by atoms with Crippen molar-refractivity contribution in [2.24, 2.45) is 11.3 Å². The summed E-state index contributed by atoms with van der Waals surface area (Å²) in [5.41, 5.74) is 2.85. The first-order valence-electron chi connectivity index (χ1n) is 8.40. The number of rotatable bonds is 2. The van der Waals surface area contributed by atoms with Crippen LogP contribution in [0.1, 0.15) is 50.7 Å². The van der Waals surface area contributed by atoms with Crippen LogP contribution in [0.3, 0.4) is 0 Å². The molecule has 2 nitrogen and oxygen atoms in total. The molecule has 0 amide bonds. The predicted molar refractivity (Wildman–Crippen MR) is 86.2 cm³/mol. The molecule has 0 bridgehead atoms. The van der Waals surface area contributed by atoms with E-state index in [4.69, 9.17) is 0 Å². The maximum Gasteiger partial charge on any atom is 0.142 e. The molecule has 1 fully saturated rings. The standard InChI is InChI=1S/C19H27NO/c1-19(2)11-5-9-17(18(19)21)14-20-12-6-10-15-7-3-4-8-16(15)13-20/h3-4,7-8,17H,5-6,9-14H2,1-2H3. The maximum atomic E-state index is 12.6. The number of nitrogens with zero attached hydrogens (tertiary/aromatic N) is 1. The molecule has 2 aliphatic rings. The van der Waals surface area contributed by atoms with Crippen LogP contribution >= 0.6 is 0 Å². The SMILES string of the molecule is CC1(C)CCCC(CN2CCCc3ccccc3C2)C1=O. The van der Waals surface area contributed by atoms with Gasteiger partial charge in [-0.1, -0.05) is 44.5 Å². The summed E-state index contributed by atoms with van der Waals surface area (Å²) in [5, 5.41) is 0. The summed E-state index contributed by atoms with van der Waals surface area (Å²) in [6, 6.07) is 8.78. The monoisotopic (exact) mass is 285 g/mol. The van der Waals surface area contributed by atoms with Crippen molar-refractivity contribution in [2.45, 2.75) is 52.5 Å². The Morgan fingerprint density at radius 3 is 2.76 bits per heavy atom. The fraction of sp³-hybridized carbons (Fsp3) is 0.632. The van der Waals surface area contributed by atoms with Crippen LogP contribution in [-0.2, 0) is 17.8 Å². The molecule has 21 heavy (non-hydrogen) atoms. The van der Waals surface area contributed by atoms with E-state index in [1.54, 1.807) is 0 Å². The van der Waals surface area contributed by atoms with Crippen molar-refractivity contribution in [1.29, 1.82) is 0 Å². The van der Waals surface area contributed by atoms with Gasteiger partial charge in [-0.2, -0.15) is 0 Å². The van der Waals surface area contributed by atoms with Crippen LogP contribution in [0.15, 0.2) is 24.3 Å². The number of aryl methyl sites for hydroxylation is 1. The number of Topliss-reactive ketones (excluding diaryl/α,β-unsaturated/α-hetero) is 1. The Morgan fingerprint density at radius 2 is 1.95 bits per heavy atom. The third-order valence-electron chi connectivity index (χ3n) is 5.30. The lowest BCUT2D eigenvalue weighted by atomic mass is 9.71. The second-order valence-electron chi connectivity index (χ2n) is 7.44. The Bertz CT molecular complexity index is 520. The van der Waals surface area contributed by atoms with Gasteiger partial charge in [-0.3, -0.25) is 9.69 Å². The number of carbonyl (C=O) groups is 1. The smallest absolute Gasteiger partial charge is 0.142 e. The van der Waals surface area contributed by atoms with Crippen LogP contribution in [0, 0.1) is 11.3 Å². The average Bonchev–Trinajstić information content (AvgIpc) is 2.65. The molecular weight excluding hydrogens is 258 g/mol. The molecular formula is C19H27NO. The summed E-state index contributed by atoms with van der Waals surface area (Å²) in [4.78, 5) is 15.1. The average molecular weight is 285 g/mol. The first kappa shape index (κ1) is 14.8. The molecule has 1 atom stereocenters. The summed E-state index contributed by atoms with van der Waals surface area (Å²) in [6.45, 7) is 7.34. The molecule has 114 valence electrons. The summed E-state index contributed by atoms with van der Waals surface area (Å²) in [7, 11) is 0. The van der Waals surface area contributed by atoms with Gasteiger partial charge in [0.05, 0.1) is 0 Å². The summed E-state index contributed by atoms with van der Waals surface area (Å²) in [6.07, 6.45) is 5.73. The second kappa shape index (κ2) is 5.92. The summed E-state index contributed by atoms with van der Waals surface area (Å²) < 4.78 is 0. The van der Waals surface area contributed by atoms with Crippen molar-refractivity contribution in [3.05, 3.63) is 35.4 Å². The molecule has 2 heteroatoms. The molecule has 3 rings (SSSR count). The van der Waals surface area contributed by atoms with Gasteiger partial charge in [-0.25, -0.2) is 0 Å². The van der Waals surface area contributed by atoms with Gasteiger partial charge in [0.2, 0.25) is 0 Å². The summed E-state index contributed by atoms with van der Waals surface area (Å²) >= 11 is 0. The van der Waals surface area contributed by atoms with Gasteiger partial charge in [-0.05, 0) is 43.4 Å². The van der Waals surface area contributed by atoms with Crippen LogP contribution in [0.4, 0.5) is 0 Å². The van der Waals surface area contributed by atoms with E-state index in [1.807, 2.05) is 0 Å². The largest absolute Gasteiger partial charge is 0.299 e. The van der Waals surface area contributed by atoms with Gasteiger partial charge < -0.3 is 0 Å². The number of hydrogen-bond acceptors (Lipinski definition) is 2. The molecule has 0 N–H and O–H groups in total. The Kier molecular flexibility index (Phi) is 4.17. The van der Waals surface area contributed by atoms with Gasteiger partial charge in [0.15, 0.2) is 0 Å². The molecule has 1 heterocycles. The van der Waals surface area contributed by atoms with Crippen LogP contribution in [0.25, 0.3) is 0 Å². The van der Waals surface area contributed by atoms with E-state index in [0.29, 0.717) is 5.78 Å². The molecule has 1 aromatic carbocycles. The van der Waals surface area contributed by atoms with Gasteiger partial charge >= 0.3 is 0 Å². The topological polar surface area (TPSA) is 20.3 Å². The number of ketones is 1. The fourth-order valence-electron chi connectivity index (χ4n) is 4.01. The molecule has 1 aliphatic carbocycles. The first-order chi connectivity index (χ1) is 10.1. The zero-order chi connectivity index (χ0) is 14.9. The van der Waals surface area contributed by atoms with Crippen molar-refractivity contribution in [3.8, 4) is 0 Å². The van der Waals surface area contributed by atoms with Crippen molar-refractivity contribution < 1.29 is 4.79 Å². The van der Waals surface area contributed by atoms with Crippen molar-refractivity contribution in [2.75, 3.05) is 13.1 Å². The lowest BCUT2D eigenvalue weighted by Crippen LogP contribution is -2.41. The highest BCUT2D eigenvalue weighted by Crippen LogP contribution is 2.36. The normalized spacial score (nSPS) is 26.2. The maximum absolute atomic E-state index is 12.6. The fourth-order valence-corrected chi connectivity index (χ4v) is 4.01. The van der Waals surface area contributed by atoms with Crippen LogP contribution in [0.5, 0.6) is 0 Å². The molecule has 1 aromatic rings. The van der Waals surface area contributed by atoms with Gasteiger partial charge in [-0.15, -0.1) is 0 Å². The van der Waals surface area contributed by atoms with E-state index in [-0.39, 0.29) is 11.3 Å². The lowest BCUT2D eigenvalue weighted by molar-refractivity contribution is -0.135. The molecule has 1 unspecified atom stereocenters. The number of fused-ring (bicyclic) bond motifs is 1. The van der Waals surface area contributed by atoms with Gasteiger partial charge in [0.25, 0.3) is 0 Å². The van der Waals surface area contributed by atoms with E-state index in [0.717, 1.165) is 32.5 Å². The summed E-state index contributed by atoms with van der Waals surface area (Å²) in [5.74, 6) is 0.741. The molecule has 1 saturated carbocycles. The first-order valence-corrected chi connectivity index (χ1v) is 8.40. The Balaban J connectivity index is 1.69. The Labute approximate surface area is 128 Å². The zero-order valence-electron chi connectivity index (χ0n) is 13.4. The predicted octanol–water partition coefficient (Wildman–Crippen LogP) is 3.83. The highest BCUT2D eigenvalue weighted by molar-refractivity contribution is 5.87. The van der Waals surface area contributed by atoms with E-state index in [1.165, 1.54) is 30.4 Å². The molecule has 0 aromatic heterocycles. The van der Waals surface area contributed by atoms with E-state index >= 15 is 0 Å². The number of benzene rings is 1. The number of hydrogen-bond donors (Lipinski definition) is 0. The quantitative estimate of drug-likeness (QED) is 0.823. The molecule has 0 saturated heterocycles. The van der Waals surface area contributed by atoms with Crippen molar-refractivity contribution in [1.82, 2.24) is 4.90 Å². The molecule has 0 spiro atoms. The van der Waals surface area contributed by atoms with Gasteiger partial charge in [0, 0.05) is 24.4 Å². The van der Waals surface area contributed by atoms with E-state index in [9.17, 15) is 4.79 Å². The van der Waals surface area contributed by atoms with Crippen LogP contribution < -0.4 is 0 Å². The van der Waals surface area contributed by atoms with Crippen LogP contribution in [-0.4, -0.2) is 23.8 Å². The van der Waals surface area contributed by atoms with Crippen LogP contribution in [0.2, 0.25) is 0 Å². The Hall–Kier alpha value is -1.15. The van der Waals surface area contributed by atoms with Crippen molar-refractivity contribution >= 4 is 5.78 Å². The third-order valence-corrected chi connectivity index (χ3v) is 5.30. The third kappa shape index (κ3) is 3.21. The lowest BCUT2D eigenvalue weighted by Gasteiger charge is -2.36. The highest BCUT2D eigenvalue weighted by Gasteiger charge is 2.37. The molecule has 0 radical (unpaired) electrons. The minimum absolute atomic E-state index is 0.104. The van der Waals surface area contributed by atoms with Crippen molar-refractivity contribution in [3.63, 3.8) is 0 Å². The Morgan fingerprint density at radius 1 is 1.19 bits per heavy atom. The van der Waals surface area contributed by atoms with Gasteiger partial charge in [0.1, 0.15) is 5.78 Å². The second-order valence-corrected chi connectivity index (χ2v) is 7.44. The number of carbonyl (C=O) groups excluding carboxylic acids is 1.